The number of phenols is 1. The summed E-state index contributed by atoms with van der Waals surface area (Å²) in [6, 6.07) is 21.5. The lowest BCUT2D eigenvalue weighted by atomic mass is 10.2. The molecular formula is C20H16ClN3OS2. The second kappa shape index (κ2) is 8.08. The molecule has 0 saturated carbocycles. The van der Waals surface area contributed by atoms with Gasteiger partial charge in [-0.05, 0) is 54.4 Å². The molecule has 27 heavy (non-hydrogen) atoms. The molecule has 0 saturated heterocycles. The van der Waals surface area contributed by atoms with Gasteiger partial charge in [0.1, 0.15) is 5.75 Å². The summed E-state index contributed by atoms with van der Waals surface area (Å²) in [5.41, 5.74) is 2.74. The third-order valence-electron chi connectivity index (χ3n) is 3.96. The van der Waals surface area contributed by atoms with Crippen LogP contribution < -0.4 is 10.0 Å². The summed E-state index contributed by atoms with van der Waals surface area (Å²) in [7, 11) is 0. The first kappa shape index (κ1) is 18.0. The highest BCUT2D eigenvalue weighted by molar-refractivity contribution is 8.00. The van der Waals surface area contributed by atoms with Crippen molar-refractivity contribution in [2.24, 2.45) is 0 Å². The Morgan fingerprint density at radius 2 is 1.81 bits per heavy atom. The number of aromatic hydroxyl groups is 1. The Labute approximate surface area is 170 Å². The molecule has 1 heterocycles. The van der Waals surface area contributed by atoms with Crippen molar-refractivity contribution in [2.75, 3.05) is 10.0 Å². The van der Waals surface area contributed by atoms with Gasteiger partial charge in [-0.3, -0.25) is 0 Å². The maximum Gasteiger partial charge on any atom is 0.194 e. The zero-order valence-electron chi connectivity index (χ0n) is 14.1. The Bertz CT molecular complexity index is 1030. The lowest BCUT2D eigenvalue weighted by Crippen LogP contribution is -1.99. The van der Waals surface area contributed by atoms with Crippen LogP contribution in [0, 0.1) is 0 Å². The van der Waals surface area contributed by atoms with Crippen LogP contribution in [-0.2, 0) is 6.54 Å². The fourth-order valence-electron chi connectivity index (χ4n) is 2.56. The number of nitrogens with one attached hydrogen (secondary N) is 2. The second-order valence-electron chi connectivity index (χ2n) is 5.82. The number of thiazole rings is 1. The third-order valence-corrected chi connectivity index (χ3v) is 6.15. The molecule has 0 aliphatic heterocycles. The Morgan fingerprint density at radius 1 is 1.00 bits per heavy atom. The van der Waals surface area contributed by atoms with Gasteiger partial charge in [-0.2, -0.15) is 0 Å². The van der Waals surface area contributed by atoms with Crippen molar-refractivity contribution >= 4 is 55.9 Å². The van der Waals surface area contributed by atoms with Crippen molar-refractivity contribution in [3.05, 3.63) is 77.3 Å². The number of aromatic nitrogens is 1. The number of halogens is 1. The Morgan fingerprint density at radius 3 is 2.63 bits per heavy atom. The molecule has 4 aromatic rings. The number of benzene rings is 3. The van der Waals surface area contributed by atoms with Crippen LogP contribution in [0.3, 0.4) is 0 Å². The van der Waals surface area contributed by atoms with Gasteiger partial charge in [0.2, 0.25) is 0 Å². The molecule has 0 spiro atoms. The van der Waals surface area contributed by atoms with Gasteiger partial charge in [-0.25, -0.2) is 4.98 Å². The van der Waals surface area contributed by atoms with Gasteiger partial charge in [0.05, 0.1) is 15.2 Å². The maximum absolute atomic E-state index is 9.96. The molecule has 4 rings (SSSR count). The SMILES string of the molecule is Oc1c(Cl)cccc1CNc1ccc(SNc2nc3ccccc3s2)cc1. The smallest absolute Gasteiger partial charge is 0.194 e. The first-order chi connectivity index (χ1) is 13.2. The van der Waals surface area contributed by atoms with Crippen molar-refractivity contribution in [1.29, 1.82) is 0 Å². The van der Waals surface area contributed by atoms with E-state index in [0.717, 1.165) is 26.8 Å². The average molecular weight is 414 g/mol. The minimum Gasteiger partial charge on any atom is -0.506 e. The highest BCUT2D eigenvalue weighted by Gasteiger charge is 2.06. The van der Waals surface area contributed by atoms with E-state index in [1.807, 2.05) is 54.6 Å². The predicted octanol–water partition coefficient (Wildman–Crippen LogP) is 6.39. The second-order valence-corrected chi connectivity index (χ2v) is 8.13. The summed E-state index contributed by atoms with van der Waals surface area (Å²) in [5.74, 6) is 0.124. The largest absolute Gasteiger partial charge is 0.506 e. The van der Waals surface area contributed by atoms with Gasteiger partial charge in [-0.15, -0.1) is 0 Å². The first-order valence-electron chi connectivity index (χ1n) is 8.28. The van der Waals surface area contributed by atoms with Crippen LogP contribution in [0.2, 0.25) is 5.02 Å². The highest BCUT2D eigenvalue weighted by Crippen LogP contribution is 2.30. The summed E-state index contributed by atoms with van der Waals surface area (Å²) in [6.45, 7) is 0.503. The summed E-state index contributed by atoms with van der Waals surface area (Å²) < 4.78 is 4.47. The van der Waals surface area contributed by atoms with Crippen molar-refractivity contribution in [3.8, 4) is 5.75 Å². The molecule has 1 aromatic heterocycles. The van der Waals surface area contributed by atoms with E-state index in [2.05, 4.69) is 21.1 Å². The summed E-state index contributed by atoms with van der Waals surface area (Å²) in [6.07, 6.45) is 0. The molecule has 4 nitrogen and oxygen atoms in total. The van der Waals surface area contributed by atoms with Crippen molar-refractivity contribution < 1.29 is 5.11 Å². The molecule has 0 aliphatic carbocycles. The Balaban J connectivity index is 1.35. The van der Waals surface area contributed by atoms with Crippen LogP contribution in [0.5, 0.6) is 5.75 Å². The lowest BCUT2D eigenvalue weighted by Gasteiger charge is -2.09. The number of hydrogen-bond acceptors (Lipinski definition) is 6. The zero-order chi connectivity index (χ0) is 18.6. The van der Waals surface area contributed by atoms with E-state index < -0.39 is 0 Å². The summed E-state index contributed by atoms with van der Waals surface area (Å²) in [4.78, 5) is 5.65. The normalized spacial score (nSPS) is 10.9. The van der Waals surface area contributed by atoms with Gasteiger partial charge >= 0.3 is 0 Å². The molecule has 0 radical (unpaired) electrons. The van der Waals surface area contributed by atoms with Gasteiger partial charge in [0, 0.05) is 22.7 Å². The summed E-state index contributed by atoms with van der Waals surface area (Å²) in [5, 5.41) is 14.5. The molecule has 0 amide bonds. The summed E-state index contributed by atoms with van der Waals surface area (Å²) >= 11 is 9.10. The zero-order valence-corrected chi connectivity index (χ0v) is 16.5. The van der Waals surface area contributed by atoms with E-state index >= 15 is 0 Å². The molecule has 0 bridgehead atoms. The molecule has 0 aliphatic rings. The quantitative estimate of drug-likeness (QED) is 0.320. The number of hydrogen-bond donors (Lipinski definition) is 3. The number of rotatable bonds is 6. The van der Waals surface area contributed by atoms with E-state index in [-0.39, 0.29) is 5.75 Å². The van der Waals surface area contributed by atoms with Crippen LogP contribution in [0.25, 0.3) is 10.2 Å². The first-order valence-corrected chi connectivity index (χ1v) is 10.3. The number of fused-ring (bicyclic) bond motifs is 1. The van der Waals surface area contributed by atoms with Crippen LogP contribution in [-0.4, -0.2) is 10.1 Å². The molecular weight excluding hydrogens is 398 g/mol. The van der Waals surface area contributed by atoms with E-state index in [0.29, 0.717) is 11.6 Å². The van der Waals surface area contributed by atoms with E-state index in [1.54, 1.807) is 17.4 Å². The monoisotopic (exact) mass is 413 g/mol. The molecule has 0 fully saturated rings. The minimum atomic E-state index is 0.124. The lowest BCUT2D eigenvalue weighted by molar-refractivity contribution is 0.469. The molecule has 3 N–H and O–H groups in total. The molecule has 136 valence electrons. The van der Waals surface area contributed by atoms with E-state index in [4.69, 9.17) is 11.6 Å². The van der Waals surface area contributed by atoms with Crippen molar-refractivity contribution in [3.63, 3.8) is 0 Å². The fraction of sp³-hybridized carbons (Fsp3) is 0.0500. The van der Waals surface area contributed by atoms with Crippen molar-refractivity contribution in [2.45, 2.75) is 11.4 Å². The van der Waals surface area contributed by atoms with Crippen LogP contribution in [0.1, 0.15) is 5.56 Å². The van der Waals surface area contributed by atoms with Gasteiger partial charge in [0.25, 0.3) is 0 Å². The highest BCUT2D eigenvalue weighted by atomic mass is 35.5. The third kappa shape index (κ3) is 4.30. The fourth-order valence-corrected chi connectivity index (χ4v) is 4.29. The van der Waals surface area contributed by atoms with E-state index in [9.17, 15) is 5.11 Å². The predicted molar refractivity (Wildman–Crippen MR) is 116 cm³/mol. The van der Waals surface area contributed by atoms with Gasteiger partial charge in [0.15, 0.2) is 5.13 Å². The number of para-hydroxylation sites is 2. The molecule has 3 aromatic carbocycles. The van der Waals surface area contributed by atoms with Crippen molar-refractivity contribution in [1.82, 2.24) is 4.98 Å². The van der Waals surface area contributed by atoms with Gasteiger partial charge in [-0.1, -0.05) is 47.2 Å². The molecule has 0 atom stereocenters. The van der Waals surface area contributed by atoms with Gasteiger partial charge < -0.3 is 15.1 Å². The average Bonchev–Trinajstić information content (AvgIpc) is 3.11. The Kier molecular flexibility index (Phi) is 5.38. The number of phenolic OH excluding ortho intramolecular Hbond substituents is 1. The van der Waals surface area contributed by atoms with Crippen LogP contribution >= 0.6 is 34.9 Å². The van der Waals surface area contributed by atoms with Crippen LogP contribution in [0.4, 0.5) is 10.8 Å². The number of nitrogens with zero attached hydrogens (tertiary/aromatic N) is 1. The Hall–Kier alpha value is -2.41. The maximum atomic E-state index is 9.96. The van der Waals surface area contributed by atoms with Crippen LogP contribution in [0.15, 0.2) is 71.6 Å². The minimum absolute atomic E-state index is 0.124. The molecule has 7 heteroatoms. The molecule has 0 unspecified atom stereocenters. The number of anilines is 2. The van der Waals surface area contributed by atoms with E-state index in [1.165, 1.54) is 16.6 Å². The topological polar surface area (TPSA) is 57.2 Å². The standard InChI is InChI=1S/C20H16ClN3OS2/c21-16-5-3-4-13(19(16)25)12-22-14-8-10-15(11-9-14)27-24-20-23-17-6-1-2-7-18(17)26-20/h1-11,22,25H,12H2,(H,23,24).